The van der Waals surface area contributed by atoms with Crippen molar-refractivity contribution in [2.75, 3.05) is 5.32 Å². The van der Waals surface area contributed by atoms with Gasteiger partial charge >= 0.3 is 0 Å². The zero-order valence-electron chi connectivity index (χ0n) is 19.4. The average molecular weight is 479 g/mol. The Morgan fingerprint density at radius 3 is 2.69 bits per heavy atom. The number of amides is 2. The van der Waals surface area contributed by atoms with Crippen molar-refractivity contribution in [2.24, 2.45) is 0 Å². The molecule has 1 aliphatic rings. The zero-order valence-corrected chi connectivity index (χ0v) is 19.4. The van der Waals surface area contributed by atoms with Crippen molar-refractivity contribution >= 4 is 28.8 Å². The highest BCUT2D eigenvalue weighted by Crippen LogP contribution is 2.40. The molecule has 36 heavy (non-hydrogen) atoms. The molecule has 1 aliphatic heterocycles. The Labute approximate surface area is 205 Å². The number of anilines is 1. The summed E-state index contributed by atoms with van der Waals surface area (Å²) in [7, 11) is 0. The summed E-state index contributed by atoms with van der Waals surface area (Å²) < 4.78 is 1.63. The monoisotopic (exact) mass is 478 g/mol. The molecule has 3 aromatic heterocycles. The molecule has 10 nitrogen and oxygen atoms in total. The number of benzene rings is 2. The summed E-state index contributed by atoms with van der Waals surface area (Å²) in [6, 6.07) is 17.2. The van der Waals surface area contributed by atoms with Gasteiger partial charge in [0, 0.05) is 30.0 Å². The third kappa shape index (κ3) is 3.78. The molecule has 0 fully saturated rings. The number of carbonyl (C=O) groups is 2. The van der Waals surface area contributed by atoms with E-state index in [1.165, 1.54) is 6.33 Å². The first-order valence-corrected chi connectivity index (χ1v) is 11.5. The van der Waals surface area contributed by atoms with E-state index in [1.54, 1.807) is 23.1 Å². The molecule has 0 bridgehead atoms. The molecule has 10 heteroatoms. The molecule has 0 saturated heterocycles. The maximum absolute atomic E-state index is 12.7. The number of fused-ring (bicyclic) bond motifs is 2. The summed E-state index contributed by atoms with van der Waals surface area (Å²) in [6.07, 6.45) is 3.25. The Morgan fingerprint density at radius 1 is 1.08 bits per heavy atom. The minimum absolute atomic E-state index is 0.117. The van der Waals surface area contributed by atoms with Crippen molar-refractivity contribution in [1.82, 2.24) is 35.0 Å². The molecule has 0 aliphatic carbocycles. The van der Waals surface area contributed by atoms with Crippen molar-refractivity contribution in [3.63, 3.8) is 0 Å². The van der Waals surface area contributed by atoms with Crippen LogP contribution in [0, 0.1) is 6.92 Å². The fourth-order valence-electron chi connectivity index (χ4n) is 4.65. The molecule has 3 N–H and O–H groups in total. The highest BCUT2D eigenvalue weighted by Gasteiger charge is 2.33. The second-order valence-corrected chi connectivity index (χ2v) is 8.65. The van der Waals surface area contributed by atoms with Gasteiger partial charge < -0.3 is 15.6 Å². The van der Waals surface area contributed by atoms with Gasteiger partial charge in [0.25, 0.3) is 5.91 Å². The summed E-state index contributed by atoms with van der Waals surface area (Å²) in [5, 5.41) is 10.6. The number of H-pyrrole nitrogens is 1. The number of hydrogen-bond donors (Lipinski definition) is 3. The SMILES string of the molecule is Cc1nn(-c2ncnc3nc[nH]c23)c2c1C(c1ccc(C(=O)NCc3ccccc3)cc1)CC(=O)N2. The molecular formula is C26H22N8O2. The molecule has 5 aromatic rings. The van der Waals surface area contributed by atoms with E-state index < -0.39 is 0 Å². The van der Waals surface area contributed by atoms with E-state index in [4.69, 9.17) is 5.10 Å². The largest absolute Gasteiger partial charge is 0.348 e. The Kier molecular flexibility index (Phi) is 5.25. The standard InChI is InChI=1S/C26H22N8O2/c1-15-21-19(17-7-9-18(10-8-17)26(36)27-12-16-5-3-2-4-6-16)11-20(35)32-24(21)34(33-15)25-22-23(29-13-28-22)30-14-31-25/h2-10,13-14,19H,11-12H2,1H3,(H,27,36)(H,32,35)(H,28,29,30,31). The van der Waals surface area contributed by atoms with Crippen molar-refractivity contribution in [2.45, 2.75) is 25.8 Å². The molecule has 1 atom stereocenters. The molecule has 4 heterocycles. The summed E-state index contributed by atoms with van der Waals surface area (Å²) in [5.41, 5.74) is 5.37. The Morgan fingerprint density at radius 2 is 1.89 bits per heavy atom. The highest BCUT2D eigenvalue weighted by atomic mass is 16.2. The number of rotatable bonds is 5. The number of carbonyl (C=O) groups excluding carboxylic acids is 2. The first-order valence-electron chi connectivity index (χ1n) is 11.5. The lowest BCUT2D eigenvalue weighted by atomic mass is 9.85. The molecule has 178 valence electrons. The van der Waals surface area contributed by atoms with Gasteiger partial charge in [-0.25, -0.2) is 15.0 Å². The van der Waals surface area contributed by atoms with E-state index in [-0.39, 0.29) is 24.2 Å². The first-order chi connectivity index (χ1) is 17.6. The van der Waals surface area contributed by atoms with Gasteiger partial charge in [-0.05, 0) is 30.2 Å². The number of hydrogen-bond acceptors (Lipinski definition) is 6. The van der Waals surface area contributed by atoms with Crippen LogP contribution in [0.3, 0.4) is 0 Å². The van der Waals surface area contributed by atoms with Crippen LogP contribution in [0.4, 0.5) is 5.82 Å². The summed E-state index contributed by atoms with van der Waals surface area (Å²) in [5.74, 6) is 0.612. The normalized spacial score (nSPS) is 14.9. The number of nitrogens with one attached hydrogen (secondary N) is 3. The van der Waals surface area contributed by atoms with Crippen LogP contribution >= 0.6 is 0 Å². The van der Waals surface area contributed by atoms with Gasteiger partial charge in [-0.2, -0.15) is 9.78 Å². The predicted octanol–water partition coefficient (Wildman–Crippen LogP) is 3.25. The number of aryl methyl sites for hydroxylation is 1. The zero-order chi connectivity index (χ0) is 24.6. The van der Waals surface area contributed by atoms with E-state index in [0.29, 0.717) is 34.9 Å². The van der Waals surface area contributed by atoms with Crippen molar-refractivity contribution in [3.8, 4) is 5.82 Å². The molecule has 1 unspecified atom stereocenters. The fraction of sp³-hybridized carbons (Fsp3) is 0.154. The van der Waals surface area contributed by atoms with E-state index >= 15 is 0 Å². The lowest BCUT2D eigenvalue weighted by molar-refractivity contribution is -0.116. The quantitative estimate of drug-likeness (QED) is 0.355. The molecule has 0 saturated carbocycles. The Balaban J connectivity index is 1.30. The molecule has 2 amide bonds. The van der Waals surface area contributed by atoms with Gasteiger partial charge in [0.2, 0.25) is 5.91 Å². The number of imidazole rings is 1. The van der Waals surface area contributed by atoms with Crippen molar-refractivity contribution in [3.05, 3.63) is 95.2 Å². The topological polar surface area (TPSA) is 130 Å². The van der Waals surface area contributed by atoms with Gasteiger partial charge in [0.05, 0.1) is 12.0 Å². The molecule has 0 radical (unpaired) electrons. The van der Waals surface area contributed by atoms with Crippen LogP contribution in [0.2, 0.25) is 0 Å². The van der Waals surface area contributed by atoms with Crippen LogP contribution in [0.25, 0.3) is 17.0 Å². The lowest BCUT2D eigenvalue weighted by Gasteiger charge is -2.24. The third-order valence-corrected chi connectivity index (χ3v) is 6.38. The number of nitrogens with zero attached hydrogens (tertiary/aromatic N) is 5. The van der Waals surface area contributed by atoms with E-state index in [9.17, 15) is 9.59 Å². The average Bonchev–Trinajstić information content (AvgIpc) is 3.52. The van der Waals surface area contributed by atoms with Crippen molar-refractivity contribution < 1.29 is 9.59 Å². The molecule has 0 spiro atoms. The molecule has 2 aromatic carbocycles. The third-order valence-electron chi connectivity index (χ3n) is 6.38. The van der Waals surface area contributed by atoms with Crippen LogP contribution in [-0.4, -0.2) is 41.5 Å². The summed E-state index contributed by atoms with van der Waals surface area (Å²) in [4.78, 5) is 41.2. The maximum Gasteiger partial charge on any atom is 0.251 e. The number of aromatic amines is 1. The predicted molar refractivity (Wildman–Crippen MR) is 133 cm³/mol. The van der Waals surface area contributed by atoms with Crippen LogP contribution < -0.4 is 10.6 Å². The lowest BCUT2D eigenvalue weighted by Crippen LogP contribution is -2.25. The van der Waals surface area contributed by atoms with Crippen LogP contribution in [-0.2, 0) is 11.3 Å². The van der Waals surface area contributed by atoms with E-state index in [1.807, 2.05) is 49.4 Å². The number of aromatic nitrogens is 6. The smallest absolute Gasteiger partial charge is 0.251 e. The van der Waals surface area contributed by atoms with Gasteiger partial charge in [-0.1, -0.05) is 42.5 Å². The minimum atomic E-state index is -0.206. The maximum atomic E-state index is 12.7. The fourth-order valence-corrected chi connectivity index (χ4v) is 4.65. The van der Waals surface area contributed by atoms with Gasteiger partial charge in [-0.15, -0.1) is 0 Å². The van der Waals surface area contributed by atoms with E-state index in [2.05, 4.69) is 30.6 Å². The highest BCUT2D eigenvalue weighted by molar-refractivity contribution is 5.96. The first kappa shape index (κ1) is 21.7. The van der Waals surface area contributed by atoms with Gasteiger partial charge in [0.1, 0.15) is 17.7 Å². The second kappa shape index (κ2) is 8.73. The summed E-state index contributed by atoms with van der Waals surface area (Å²) >= 11 is 0. The second-order valence-electron chi connectivity index (χ2n) is 8.65. The van der Waals surface area contributed by atoms with Gasteiger partial charge in [-0.3, -0.25) is 9.59 Å². The van der Waals surface area contributed by atoms with Crippen LogP contribution in [0.1, 0.15) is 45.1 Å². The van der Waals surface area contributed by atoms with Crippen LogP contribution in [0.15, 0.2) is 67.3 Å². The van der Waals surface area contributed by atoms with Crippen LogP contribution in [0.5, 0.6) is 0 Å². The Hall–Kier alpha value is -4.86. The summed E-state index contributed by atoms with van der Waals surface area (Å²) in [6.45, 7) is 2.37. The Bertz CT molecular complexity index is 1590. The molecular weight excluding hydrogens is 456 g/mol. The van der Waals surface area contributed by atoms with E-state index in [0.717, 1.165) is 22.4 Å². The molecule has 6 rings (SSSR count). The minimum Gasteiger partial charge on any atom is -0.348 e. The van der Waals surface area contributed by atoms with Gasteiger partial charge in [0.15, 0.2) is 11.5 Å². The van der Waals surface area contributed by atoms with Crippen molar-refractivity contribution in [1.29, 1.82) is 0 Å².